The Morgan fingerprint density at radius 1 is 1.10 bits per heavy atom. The average Bonchev–Trinajstić information content (AvgIpc) is 2.75. The summed E-state index contributed by atoms with van der Waals surface area (Å²) in [5.74, 6) is 0.302. The Morgan fingerprint density at radius 2 is 1.83 bits per heavy atom. The molecule has 0 aliphatic carbocycles. The third-order valence-electron chi connectivity index (χ3n) is 5.48. The molecule has 0 radical (unpaired) electrons. The first-order valence-electron chi connectivity index (χ1n) is 10.3. The number of carbonyl (C=O) groups excluding carboxylic acids is 1. The maximum atomic E-state index is 12.7. The van der Waals surface area contributed by atoms with E-state index < -0.39 is 0 Å². The minimum absolute atomic E-state index is 0.0743. The summed E-state index contributed by atoms with van der Waals surface area (Å²) in [6, 6.07) is 17.5. The molecule has 2 heterocycles. The van der Waals surface area contributed by atoms with Crippen molar-refractivity contribution in [3.8, 4) is 0 Å². The van der Waals surface area contributed by atoms with Crippen LogP contribution < -0.4 is 15.8 Å². The van der Waals surface area contributed by atoms with Crippen LogP contribution in [0.4, 0.5) is 11.6 Å². The first kappa shape index (κ1) is 19.9. The molecule has 154 valence electrons. The number of nitrogens with zero attached hydrogens (tertiary/aromatic N) is 3. The highest BCUT2D eigenvalue weighted by Gasteiger charge is 2.22. The maximum absolute atomic E-state index is 12.7. The Balaban J connectivity index is 1.57. The number of aryl methyl sites for hydroxylation is 2. The van der Waals surface area contributed by atoms with Crippen LogP contribution in [-0.4, -0.2) is 22.0 Å². The van der Waals surface area contributed by atoms with E-state index in [1.54, 1.807) is 0 Å². The molecule has 1 amide bonds. The largest absolute Gasteiger partial charge is 0.337 e. The predicted octanol–water partition coefficient (Wildman–Crippen LogP) is 3.32. The number of nitrogens with one attached hydrogen (secondary N) is 1. The zero-order valence-electron chi connectivity index (χ0n) is 17.4. The first-order valence-corrected chi connectivity index (χ1v) is 10.3. The van der Waals surface area contributed by atoms with Gasteiger partial charge >= 0.3 is 0 Å². The lowest BCUT2D eigenvalue weighted by atomic mass is 10.0. The fraction of sp³-hybridized carbons (Fsp3) is 0.292. The molecule has 0 saturated heterocycles. The van der Waals surface area contributed by atoms with Crippen molar-refractivity contribution < 1.29 is 4.79 Å². The van der Waals surface area contributed by atoms with Crippen molar-refractivity contribution >= 4 is 17.5 Å². The van der Waals surface area contributed by atoms with E-state index in [4.69, 9.17) is 0 Å². The quantitative estimate of drug-likeness (QED) is 0.711. The molecule has 1 aromatic heterocycles. The molecule has 1 aliphatic heterocycles. The molecular formula is C24H26N4O2. The van der Waals surface area contributed by atoms with Gasteiger partial charge in [-0.1, -0.05) is 43.3 Å². The highest BCUT2D eigenvalue weighted by Crippen LogP contribution is 2.22. The number of carbonyl (C=O) groups is 1. The van der Waals surface area contributed by atoms with Gasteiger partial charge in [0.2, 0.25) is 11.9 Å². The van der Waals surface area contributed by atoms with Gasteiger partial charge in [-0.05, 0) is 48.6 Å². The molecular weight excluding hydrogens is 376 g/mol. The number of hydrogen-bond donors (Lipinski definition) is 1. The van der Waals surface area contributed by atoms with E-state index in [2.05, 4.69) is 34.3 Å². The van der Waals surface area contributed by atoms with Gasteiger partial charge in [-0.3, -0.25) is 14.2 Å². The van der Waals surface area contributed by atoms with E-state index >= 15 is 0 Å². The van der Waals surface area contributed by atoms with E-state index in [9.17, 15) is 9.59 Å². The van der Waals surface area contributed by atoms with Crippen LogP contribution in [0.3, 0.4) is 0 Å². The molecule has 1 aliphatic rings. The minimum atomic E-state index is -0.245. The van der Waals surface area contributed by atoms with Crippen LogP contribution in [0.5, 0.6) is 0 Å². The molecule has 0 fully saturated rings. The summed E-state index contributed by atoms with van der Waals surface area (Å²) >= 11 is 0. The van der Waals surface area contributed by atoms with Gasteiger partial charge in [0.05, 0.1) is 0 Å². The first-order chi connectivity index (χ1) is 14.5. The van der Waals surface area contributed by atoms with E-state index in [-0.39, 0.29) is 18.0 Å². The highest BCUT2D eigenvalue weighted by atomic mass is 16.2. The Bertz CT molecular complexity index is 1120. The van der Waals surface area contributed by atoms with Crippen LogP contribution in [0.15, 0.2) is 59.4 Å². The molecule has 6 heteroatoms. The van der Waals surface area contributed by atoms with Crippen molar-refractivity contribution in [1.29, 1.82) is 0 Å². The van der Waals surface area contributed by atoms with E-state index in [0.29, 0.717) is 18.2 Å². The van der Waals surface area contributed by atoms with Crippen molar-refractivity contribution in [2.75, 3.05) is 16.8 Å². The van der Waals surface area contributed by atoms with Gasteiger partial charge in [-0.25, -0.2) is 4.98 Å². The summed E-state index contributed by atoms with van der Waals surface area (Å²) in [6.45, 7) is 5.25. The van der Waals surface area contributed by atoms with Crippen LogP contribution in [0.25, 0.3) is 0 Å². The topological polar surface area (TPSA) is 67.2 Å². The zero-order valence-corrected chi connectivity index (χ0v) is 17.4. The molecule has 4 rings (SSSR count). The van der Waals surface area contributed by atoms with Crippen molar-refractivity contribution in [2.24, 2.45) is 0 Å². The zero-order chi connectivity index (χ0) is 21.1. The molecule has 0 atom stereocenters. The molecule has 1 N–H and O–H groups in total. The van der Waals surface area contributed by atoms with Gasteiger partial charge in [0.15, 0.2) is 0 Å². The van der Waals surface area contributed by atoms with E-state index in [1.807, 2.05) is 43.3 Å². The van der Waals surface area contributed by atoms with Crippen molar-refractivity contribution in [3.63, 3.8) is 0 Å². The molecule has 0 spiro atoms. The molecule has 3 aromatic rings. The molecule has 0 unspecified atom stereocenters. The van der Waals surface area contributed by atoms with E-state index in [1.165, 1.54) is 27.3 Å². The molecule has 0 saturated carbocycles. The van der Waals surface area contributed by atoms with Crippen LogP contribution in [-0.2, 0) is 30.7 Å². The molecule has 2 aromatic carbocycles. The number of amides is 1. The van der Waals surface area contributed by atoms with Crippen molar-refractivity contribution in [3.05, 3.63) is 87.3 Å². The van der Waals surface area contributed by atoms with Crippen LogP contribution >= 0.6 is 0 Å². The lowest BCUT2D eigenvalue weighted by Crippen LogP contribution is -2.38. The van der Waals surface area contributed by atoms with Gasteiger partial charge in [-0.2, -0.15) is 0 Å². The molecule has 30 heavy (non-hydrogen) atoms. The van der Waals surface area contributed by atoms with Crippen molar-refractivity contribution in [1.82, 2.24) is 9.55 Å². The van der Waals surface area contributed by atoms with Gasteiger partial charge in [0.1, 0.15) is 6.54 Å². The van der Waals surface area contributed by atoms with E-state index in [0.717, 1.165) is 25.1 Å². The average molecular weight is 402 g/mol. The smallest absolute Gasteiger partial charge is 0.255 e. The Hall–Kier alpha value is -3.41. The molecule has 0 bridgehead atoms. The third kappa shape index (κ3) is 4.27. The second-order valence-electron chi connectivity index (χ2n) is 7.66. The second-order valence-corrected chi connectivity index (χ2v) is 7.66. The Labute approximate surface area is 176 Å². The summed E-state index contributed by atoms with van der Waals surface area (Å²) in [6.07, 6.45) is 1.83. The number of benzene rings is 2. The summed E-state index contributed by atoms with van der Waals surface area (Å²) < 4.78 is 1.47. The third-order valence-corrected chi connectivity index (χ3v) is 5.48. The monoisotopic (exact) mass is 402 g/mol. The maximum Gasteiger partial charge on any atom is 0.255 e. The number of aromatic nitrogens is 2. The number of rotatable bonds is 5. The van der Waals surface area contributed by atoms with Crippen LogP contribution in [0, 0.1) is 6.92 Å². The molecule has 6 nitrogen and oxygen atoms in total. The lowest BCUT2D eigenvalue weighted by molar-refractivity contribution is -0.116. The van der Waals surface area contributed by atoms with Gasteiger partial charge < -0.3 is 10.2 Å². The summed E-state index contributed by atoms with van der Waals surface area (Å²) in [4.78, 5) is 32.1. The summed E-state index contributed by atoms with van der Waals surface area (Å²) in [5, 5.41) is 2.88. The van der Waals surface area contributed by atoms with Gasteiger partial charge in [0, 0.05) is 30.5 Å². The second kappa shape index (κ2) is 8.53. The Morgan fingerprint density at radius 3 is 2.57 bits per heavy atom. The number of anilines is 2. The lowest BCUT2D eigenvalue weighted by Gasteiger charge is -2.31. The van der Waals surface area contributed by atoms with Crippen LogP contribution in [0.1, 0.15) is 29.3 Å². The number of hydrogen-bond acceptors (Lipinski definition) is 4. The van der Waals surface area contributed by atoms with Gasteiger partial charge in [0.25, 0.3) is 5.56 Å². The highest BCUT2D eigenvalue weighted by molar-refractivity contribution is 5.90. The number of fused-ring (bicyclic) bond motifs is 1. The standard InChI is InChI=1S/C24H26N4O2/c1-3-18-8-10-21(11-9-18)26-22(29)16-28-23(30)14-17(2)25-24(28)27-13-12-19-6-4-5-7-20(19)15-27/h4-11,14H,3,12-13,15-16H2,1-2H3,(H,26,29). The van der Waals surface area contributed by atoms with Crippen molar-refractivity contribution in [2.45, 2.75) is 39.8 Å². The Kier molecular flexibility index (Phi) is 5.65. The van der Waals surface area contributed by atoms with Crippen LogP contribution in [0.2, 0.25) is 0 Å². The minimum Gasteiger partial charge on any atom is -0.337 e. The van der Waals surface area contributed by atoms with Gasteiger partial charge in [-0.15, -0.1) is 0 Å². The summed E-state index contributed by atoms with van der Waals surface area (Å²) in [5.41, 5.74) is 4.92. The summed E-state index contributed by atoms with van der Waals surface area (Å²) in [7, 11) is 0. The SMILES string of the molecule is CCc1ccc(NC(=O)Cn2c(N3CCc4ccccc4C3)nc(C)cc2=O)cc1. The predicted molar refractivity (Wildman–Crippen MR) is 119 cm³/mol. The fourth-order valence-corrected chi connectivity index (χ4v) is 3.83. The fourth-order valence-electron chi connectivity index (χ4n) is 3.83. The normalized spacial score (nSPS) is 13.1.